The van der Waals surface area contributed by atoms with E-state index in [0.717, 1.165) is 11.8 Å². The van der Waals surface area contributed by atoms with Crippen LogP contribution in [0.1, 0.15) is 33.1 Å². The molecule has 88 valence electrons. The summed E-state index contributed by atoms with van der Waals surface area (Å²) >= 11 is 0. The lowest BCUT2D eigenvalue weighted by molar-refractivity contribution is 0.133. The normalized spacial score (nSPS) is 31.8. The largest absolute Gasteiger partial charge is 0.316 e. The Kier molecular flexibility index (Phi) is 3.36. The van der Waals surface area contributed by atoms with Crippen molar-refractivity contribution in [2.45, 2.75) is 33.1 Å². The van der Waals surface area contributed by atoms with Crippen molar-refractivity contribution in [3.8, 4) is 0 Å². The van der Waals surface area contributed by atoms with E-state index >= 15 is 0 Å². The van der Waals surface area contributed by atoms with Gasteiger partial charge >= 0.3 is 0 Å². The second kappa shape index (κ2) is 4.42. The molecule has 1 N–H and O–H groups in total. The summed E-state index contributed by atoms with van der Waals surface area (Å²) in [5.74, 6) is 1.82. The minimum absolute atomic E-state index is 0.545. The number of nitrogens with one attached hydrogen (secondary N) is 1. The third-order valence-corrected chi connectivity index (χ3v) is 4.35. The average molecular weight is 210 g/mol. The minimum atomic E-state index is 0.545. The highest BCUT2D eigenvalue weighted by Crippen LogP contribution is 2.36. The van der Waals surface area contributed by atoms with Crippen LogP contribution in [0.3, 0.4) is 0 Å². The van der Waals surface area contributed by atoms with Crippen molar-refractivity contribution in [2.75, 3.05) is 33.2 Å². The molecule has 0 aromatic heterocycles. The maximum atomic E-state index is 3.54. The number of hydrogen-bond acceptors (Lipinski definition) is 2. The number of hydrogen-bond donors (Lipinski definition) is 1. The lowest BCUT2D eigenvalue weighted by Crippen LogP contribution is -2.41. The molecule has 0 spiro atoms. The summed E-state index contributed by atoms with van der Waals surface area (Å²) in [5, 5.41) is 3.54. The molecule has 2 rings (SSSR count). The molecule has 0 aromatic rings. The number of nitrogens with zero attached hydrogens (tertiary/aromatic N) is 1. The van der Waals surface area contributed by atoms with Gasteiger partial charge in [0.25, 0.3) is 0 Å². The first kappa shape index (κ1) is 11.4. The standard InChI is InChI=1S/C13H26N2/c1-11(2)13(6-7-14-9-13)10-15(3)8-12-4-5-12/h11-12,14H,4-10H2,1-3H3. The molecule has 0 amide bonds. The van der Waals surface area contributed by atoms with Crippen LogP contribution in [-0.4, -0.2) is 38.1 Å². The van der Waals surface area contributed by atoms with Crippen molar-refractivity contribution in [1.29, 1.82) is 0 Å². The second-order valence-corrected chi connectivity index (χ2v) is 6.08. The van der Waals surface area contributed by atoms with Crippen LogP contribution in [0.2, 0.25) is 0 Å². The van der Waals surface area contributed by atoms with Gasteiger partial charge in [-0.15, -0.1) is 0 Å². The van der Waals surface area contributed by atoms with Gasteiger partial charge in [-0.25, -0.2) is 0 Å². The summed E-state index contributed by atoms with van der Waals surface area (Å²) in [6, 6.07) is 0. The van der Waals surface area contributed by atoms with Crippen LogP contribution in [0.4, 0.5) is 0 Å². The molecule has 1 saturated carbocycles. The summed E-state index contributed by atoms with van der Waals surface area (Å²) in [5.41, 5.74) is 0.545. The lowest BCUT2D eigenvalue weighted by atomic mass is 9.76. The fourth-order valence-corrected chi connectivity index (χ4v) is 2.92. The third-order valence-electron chi connectivity index (χ3n) is 4.35. The maximum Gasteiger partial charge on any atom is 0.00501 e. The van der Waals surface area contributed by atoms with E-state index in [2.05, 4.69) is 31.1 Å². The molecule has 2 fully saturated rings. The zero-order valence-corrected chi connectivity index (χ0v) is 10.6. The van der Waals surface area contributed by atoms with Gasteiger partial charge in [0.15, 0.2) is 0 Å². The predicted octanol–water partition coefficient (Wildman–Crippen LogP) is 1.96. The molecule has 1 aliphatic heterocycles. The molecule has 1 heterocycles. The molecule has 1 saturated heterocycles. The molecule has 0 aromatic carbocycles. The van der Waals surface area contributed by atoms with Crippen molar-refractivity contribution >= 4 is 0 Å². The topological polar surface area (TPSA) is 15.3 Å². The number of rotatable bonds is 5. The first-order chi connectivity index (χ1) is 7.12. The molecular formula is C13H26N2. The summed E-state index contributed by atoms with van der Waals surface area (Å²) < 4.78 is 0. The Hall–Kier alpha value is -0.0800. The van der Waals surface area contributed by atoms with E-state index in [1.807, 2.05) is 0 Å². The smallest absolute Gasteiger partial charge is 0.00501 e. The Bertz CT molecular complexity index is 203. The Balaban J connectivity index is 1.87. The lowest BCUT2D eigenvalue weighted by Gasteiger charge is -2.36. The van der Waals surface area contributed by atoms with Gasteiger partial charge in [0, 0.05) is 19.6 Å². The van der Waals surface area contributed by atoms with Crippen LogP contribution in [0.5, 0.6) is 0 Å². The predicted molar refractivity (Wildman–Crippen MR) is 65.0 cm³/mol. The van der Waals surface area contributed by atoms with Crippen molar-refractivity contribution in [3.63, 3.8) is 0 Å². The first-order valence-corrected chi connectivity index (χ1v) is 6.52. The van der Waals surface area contributed by atoms with Gasteiger partial charge in [-0.05, 0) is 50.1 Å². The Morgan fingerprint density at radius 2 is 2.13 bits per heavy atom. The molecular weight excluding hydrogens is 184 g/mol. The van der Waals surface area contributed by atoms with Crippen LogP contribution in [-0.2, 0) is 0 Å². The van der Waals surface area contributed by atoms with Crippen LogP contribution in [0.15, 0.2) is 0 Å². The fraction of sp³-hybridized carbons (Fsp3) is 1.00. The Morgan fingerprint density at radius 3 is 2.60 bits per heavy atom. The van der Waals surface area contributed by atoms with Crippen LogP contribution < -0.4 is 5.32 Å². The molecule has 2 aliphatic rings. The van der Waals surface area contributed by atoms with Gasteiger partial charge in [-0.3, -0.25) is 0 Å². The molecule has 1 aliphatic carbocycles. The summed E-state index contributed by atoms with van der Waals surface area (Å²) in [6.45, 7) is 9.83. The zero-order valence-electron chi connectivity index (χ0n) is 10.6. The van der Waals surface area contributed by atoms with Gasteiger partial charge in [-0.2, -0.15) is 0 Å². The van der Waals surface area contributed by atoms with E-state index in [4.69, 9.17) is 0 Å². The summed E-state index contributed by atoms with van der Waals surface area (Å²) in [6.07, 6.45) is 4.30. The van der Waals surface area contributed by atoms with Crippen LogP contribution in [0.25, 0.3) is 0 Å². The van der Waals surface area contributed by atoms with E-state index in [9.17, 15) is 0 Å². The summed E-state index contributed by atoms with van der Waals surface area (Å²) in [7, 11) is 2.31. The van der Waals surface area contributed by atoms with Gasteiger partial charge < -0.3 is 10.2 Å². The molecule has 2 heteroatoms. The van der Waals surface area contributed by atoms with E-state index in [-0.39, 0.29) is 0 Å². The molecule has 1 unspecified atom stereocenters. The van der Waals surface area contributed by atoms with Crippen molar-refractivity contribution < 1.29 is 0 Å². The van der Waals surface area contributed by atoms with E-state index in [1.54, 1.807) is 0 Å². The second-order valence-electron chi connectivity index (χ2n) is 6.08. The molecule has 2 nitrogen and oxygen atoms in total. The quantitative estimate of drug-likeness (QED) is 0.746. The molecule has 0 bridgehead atoms. The zero-order chi connectivity index (χ0) is 10.9. The summed E-state index contributed by atoms with van der Waals surface area (Å²) in [4.78, 5) is 2.57. The van der Waals surface area contributed by atoms with Gasteiger partial charge in [0.1, 0.15) is 0 Å². The van der Waals surface area contributed by atoms with Crippen LogP contribution in [0, 0.1) is 17.3 Å². The molecule has 1 atom stereocenters. The highest BCUT2D eigenvalue weighted by molar-refractivity contribution is 4.93. The monoisotopic (exact) mass is 210 g/mol. The SMILES string of the molecule is CC(C)C1(CN(C)CC2CC2)CCNC1. The molecule has 0 radical (unpaired) electrons. The van der Waals surface area contributed by atoms with Crippen molar-refractivity contribution in [2.24, 2.45) is 17.3 Å². The first-order valence-electron chi connectivity index (χ1n) is 6.52. The van der Waals surface area contributed by atoms with Gasteiger partial charge in [0.05, 0.1) is 0 Å². The Labute approximate surface area is 94.4 Å². The van der Waals surface area contributed by atoms with Gasteiger partial charge in [0.2, 0.25) is 0 Å². The molecule has 15 heavy (non-hydrogen) atoms. The van der Waals surface area contributed by atoms with Crippen molar-refractivity contribution in [1.82, 2.24) is 10.2 Å². The van der Waals surface area contributed by atoms with E-state index in [1.165, 1.54) is 45.4 Å². The maximum absolute atomic E-state index is 3.54. The van der Waals surface area contributed by atoms with Crippen LogP contribution >= 0.6 is 0 Å². The van der Waals surface area contributed by atoms with Gasteiger partial charge in [-0.1, -0.05) is 13.8 Å². The minimum Gasteiger partial charge on any atom is -0.316 e. The third kappa shape index (κ3) is 2.73. The van der Waals surface area contributed by atoms with E-state index < -0.39 is 0 Å². The highest BCUT2D eigenvalue weighted by atomic mass is 15.1. The Morgan fingerprint density at radius 1 is 1.40 bits per heavy atom. The fourth-order valence-electron chi connectivity index (χ4n) is 2.92. The van der Waals surface area contributed by atoms with E-state index in [0.29, 0.717) is 5.41 Å². The van der Waals surface area contributed by atoms with Crippen molar-refractivity contribution in [3.05, 3.63) is 0 Å². The average Bonchev–Trinajstić information content (AvgIpc) is 2.82. The highest BCUT2D eigenvalue weighted by Gasteiger charge is 2.38.